The van der Waals surface area contributed by atoms with Crippen molar-refractivity contribution in [2.45, 2.75) is 37.2 Å². The molecule has 9 nitrogen and oxygen atoms in total. The van der Waals surface area contributed by atoms with Gasteiger partial charge in [-0.1, -0.05) is 78.1 Å². The summed E-state index contributed by atoms with van der Waals surface area (Å²) >= 11 is 18.9. The molecule has 0 saturated carbocycles. The van der Waals surface area contributed by atoms with Crippen molar-refractivity contribution in [1.82, 2.24) is 10.2 Å². The van der Waals surface area contributed by atoms with Crippen LogP contribution in [0.15, 0.2) is 95.9 Å². The summed E-state index contributed by atoms with van der Waals surface area (Å²) in [5, 5.41) is 3.98. The lowest BCUT2D eigenvalue weighted by Crippen LogP contribution is -2.53. The third kappa shape index (κ3) is 9.14. The third-order valence-electron chi connectivity index (χ3n) is 7.51. The second-order valence-corrected chi connectivity index (χ2v) is 13.9. The van der Waals surface area contributed by atoms with E-state index in [1.54, 1.807) is 18.2 Å². The van der Waals surface area contributed by atoms with Gasteiger partial charge in [0.25, 0.3) is 10.0 Å². The molecule has 1 unspecified atom stereocenters. The van der Waals surface area contributed by atoms with Crippen LogP contribution in [0.5, 0.6) is 11.5 Å². The zero-order valence-corrected chi connectivity index (χ0v) is 29.7. The first-order valence-corrected chi connectivity index (χ1v) is 17.6. The van der Waals surface area contributed by atoms with Crippen molar-refractivity contribution >= 4 is 62.3 Å². The Morgan fingerprint density at radius 2 is 1.50 bits per heavy atom. The molecule has 0 heterocycles. The first-order valence-electron chi connectivity index (χ1n) is 15.0. The fourth-order valence-electron chi connectivity index (χ4n) is 4.99. The molecule has 13 heteroatoms. The fraction of sp³-hybridized carbons (Fsp3) is 0.257. The zero-order valence-electron chi connectivity index (χ0n) is 26.7. The monoisotopic (exact) mass is 731 g/mol. The molecule has 0 bridgehead atoms. The number of hydrogen-bond acceptors (Lipinski definition) is 6. The van der Waals surface area contributed by atoms with Gasteiger partial charge in [0.1, 0.15) is 12.6 Å². The highest BCUT2D eigenvalue weighted by Gasteiger charge is 2.35. The third-order valence-corrected chi connectivity index (χ3v) is 10.1. The maximum Gasteiger partial charge on any atom is 0.264 e. The number of ether oxygens (including phenoxy) is 2. The van der Waals surface area contributed by atoms with Gasteiger partial charge in [-0.15, -0.1) is 0 Å². The van der Waals surface area contributed by atoms with Crippen LogP contribution in [0.25, 0.3) is 0 Å². The number of nitrogens with zero attached hydrogens (tertiary/aromatic N) is 2. The molecule has 0 saturated heterocycles. The molecule has 4 aromatic rings. The Hall–Kier alpha value is -3.96. The van der Waals surface area contributed by atoms with Crippen LogP contribution in [0.4, 0.5) is 5.69 Å². The first-order chi connectivity index (χ1) is 23.0. The molecule has 0 radical (unpaired) electrons. The number of amides is 2. The van der Waals surface area contributed by atoms with E-state index in [9.17, 15) is 18.0 Å². The van der Waals surface area contributed by atoms with Gasteiger partial charge in [0.15, 0.2) is 11.5 Å². The molecule has 0 aliphatic rings. The fourth-order valence-corrected chi connectivity index (χ4v) is 7.02. The second-order valence-electron chi connectivity index (χ2n) is 10.8. The van der Waals surface area contributed by atoms with Crippen LogP contribution in [0.2, 0.25) is 15.1 Å². The molecule has 48 heavy (non-hydrogen) atoms. The van der Waals surface area contributed by atoms with Crippen molar-refractivity contribution < 1.29 is 27.5 Å². The van der Waals surface area contributed by atoms with Gasteiger partial charge >= 0.3 is 0 Å². The molecule has 1 atom stereocenters. The van der Waals surface area contributed by atoms with Gasteiger partial charge in [0.2, 0.25) is 11.8 Å². The Balaban J connectivity index is 1.83. The summed E-state index contributed by atoms with van der Waals surface area (Å²) in [4.78, 5) is 29.6. The normalized spacial score (nSPS) is 11.8. The molecule has 0 aromatic heterocycles. The van der Waals surface area contributed by atoms with Crippen LogP contribution < -0.4 is 19.1 Å². The highest BCUT2D eigenvalue weighted by atomic mass is 35.5. The highest BCUT2D eigenvalue weighted by molar-refractivity contribution is 7.92. The van der Waals surface area contributed by atoms with Crippen molar-refractivity contribution in [3.8, 4) is 11.5 Å². The molecule has 0 aliphatic heterocycles. The Morgan fingerprint density at radius 1 is 0.833 bits per heavy atom. The molecule has 0 spiro atoms. The smallest absolute Gasteiger partial charge is 0.264 e. The largest absolute Gasteiger partial charge is 0.493 e. The van der Waals surface area contributed by atoms with E-state index in [1.807, 2.05) is 37.3 Å². The molecule has 0 aliphatic carbocycles. The summed E-state index contributed by atoms with van der Waals surface area (Å²) in [6.07, 6.45) is 0.839. The molecule has 0 fully saturated rings. The van der Waals surface area contributed by atoms with Gasteiger partial charge in [-0.3, -0.25) is 13.9 Å². The number of hydrogen-bond donors (Lipinski definition) is 1. The topological polar surface area (TPSA) is 105 Å². The summed E-state index contributed by atoms with van der Waals surface area (Å²) in [7, 11) is -1.56. The Kier molecular flexibility index (Phi) is 13.0. The van der Waals surface area contributed by atoms with Crippen LogP contribution in [0, 0.1) is 0 Å². The molecule has 254 valence electrons. The van der Waals surface area contributed by atoms with Crippen LogP contribution in [-0.4, -0.2) is 58.5 Å². The minimum Gasteiger partial charge on any atom is -0.493 e. The summed E-state index contributed by atoms with van der Waals surface area (Å²) in [6.45, 7) is 1.55. The first kappa shape index (κ1) is 36.9. The van der Waals surface area contributed by atoms with E-state index in [-0.39, 0.29) is 35.2 Å². The summed E-state index contributed by atoms with van der Waals surface area (Å²) in [6, 6.07) is 23.3. The maximum atomic E-state index is 14.6. The van der Waals surface area contributed by atoms with Crippen molar-refractivity contribution in [3.63, 3.8) is 0 Å². The Morgan fingerprint density at radius 3 is 2.12 bits per heavy atom. The lowest BCUT2D eigenvalue weighted by Gasteiger charge is -2.34. The number of carbonyl (C=O) groups excluding carboxylic acids is 2. The van der Waals surface area contributed by atoms with E-state index in [1.165, 1.54) is 61.6 Å². The molecular formula is C35H36Cl3N3O6S. The quantitative estimate of drug-likeness (QED) is 0.141. The van der Waals surface area contributed by atoms with Gasteiger partial charge < -0.3 is 19.7 Å². The minimum absolute atomic E-state index is 0.100. The van der Waals surface area contributed by atoms with E-state index >= 15 is 0 Å². The van der Waals surface area contributed by atoms with Crippen LogP contribution in [-0.2, 0) is 32.6 Å². The SMILES string of the molecule is CCCNC(=O)C(Cc1ccccc1)N(Cc1ccc(Cl)cc1Cl)C(=O)CN(c1ccc(Cl)cc1)S(=O)(=O)c1ccc(OC)c(OC)c1. The van der Waals surface area contributed by atoms with Crippen molar-refractivity contribution in [2.75, 3.05) is 31.6 Å². The lowest BCUT2D eigenvalue weighted by atomic mass is 10.0. The predicted octanol–water partition coefficient (Wildman–Crippen LogP) is 7.03. The minimum atomic E-state index is -4.40. The predicted molar refractivity (Wildman–Crippen MR) is 190 cm³/mol. The Labute approximate surface area is 296 Å². The van der Waals surface area contributed by atoms with Crippen molar-refractivity contribution in [3.05, 3.63) is 117 Å². The Bertz CT molecular complexity index is 1830. The van der Waals surface area contributed by atoms with E-state index in [4.69, 9.17) is 44.3 Å². The number of anilines is 1. The van der Waals surface area contributed by atoms with Crippen LogP contribution >= 0.6 is 34.8 Å². The van der Waals surface area contributed by atoms with E-state index < -0.39 is 28.5 Å². The van der Waals surface area contributed by atoms with Crippen molar-refractivity contribution in [2.24, 2.45) is 0 Å². The summed E-state index contributed by atoms with van der Waals surface area (Å²) in [5.41, 5.74) is 1.51. The number of methoxy groups -OCH3 is 2. The maximum absolute atomic E-state index is 14.6. The zero-order chi connectivity index (χ0) is 34.8. The van der Waals surface area contributed by atoms with Gasteiger partial charge in [-0.05, 0) is 66.1 Å². The molecule has 4 rings (SSSR count). The standard InChI is InChI=1S/C35H36Cl3N3O6S/c1-4-18-39-35(43)31(19-24-8-6-5-7-9-24)40(22-25-10-11-27(37)20-30(25)38)34(42)23-41(28-14-12-26(36)13-15-28)48(44,45)29-16-17-32(46-2)33(21-29)47-3/h5-17,20-21,31H,4,18-19,22-23H2,1-3H3,(H,39,43). The van der Waals surface area contributed by atoms with Crippen molar-refractivity contribution in [1.29, 1.82) is 0 Å². The molecule has 1 N–H and O–H groups in total. The van der Waals surface area contributed by atoms with Crippen LogP contribution in [0.1, 0.15) is 24.5 Å². The molecular weight excluding hydrogens is 697 g/mol. The average molecular weight is 733 g/mol. The van der Waals surface area contributed by atoms with E-state index in [0.29, 0.717) is 39.3 Å². The van der Waals surface area contributed by atoms with Gasteiger partial charge in [0, 0.05) is 40.6 Å². The summed E-state index contributed by atoms with van der Waals surface area (Å²) in [5.74, 6) is -0.513. The van der Waals surface area contributed by atoms with Gasteiger partial charge in [0.05, 0.1) is 24.8 Å². The summed E-state index contributed by atoms with van der Waals surface area (Å²) < 4.78 is 40.3. The number of benzene rings is 4. The van der Waals surface area contributed by atoms with E-state index in [2.05, 4.69) is 5.32 Å². The number of carbonyl (C=O) groups is 2. The van der Waals surface area contributed by atoms with Gasteiger partial charge in [-0.25, -0.2) is 8.42 Å². The molecule has 4 aromatic carbocycles. The number of nitrogens with one attached hydrogen (secondary N) is 1. The number of halogens is 3. The van der Waals surface area contributed by atoms with Gasteiger partial charge in [-0.2, -0.15) is 0 Å². The van der Waals surface area contributed by atoms with Crippen LogP contribution in [0.3, 0.4) is 0 Å². The second kappa shape index (κ2) is 16.9. The highest BCUT2D eigenvalue weighted by Crippen LogP contribution is 2.33. The number of sulfonamides is 1. The lowest BCUT2D eigenvalue weighted by molar-refractivity contribution is -0.140. The number of rotatable bonds is 15. The van der Waals surface area contributed by atoms with E-state index in [0.717, 1.165) is 9.87 Å². The molecule has 2 amide bonds. The average Bonchev–Trinajstić information content (AvgIpc) is 3.08.